The Hall–Kier alpha value is -0.530. The number of rotatable bonds is 3. The minimum absolute atomic E-state index is 0.173. The molecule has 13 heavy (non-hydrogen) atoms. The molecular weight excluding hydrogens is 162 g/mol. The highest BCUT2D eigenvalue weighted by molar-refractivity contribution is 5.81. The largest absolute Gasteiger partial charge is 0.356 e. The molecule has 0 saturated heterocycles. The first-order valence-electron chi connectivity index (χ1n) is 5.28. The second kappa shape index (κ2) is 4.12. The van der Waals surface area contributed by atoms with Crippen LogP contribution < -0.4 is 5.32 Å². The summed E-state index contributed by atoms with van der Waals surface area (Å²) < 4.78 is 0. The quantitative estimate of drug-likeness (QED) is 0.715. The maximum atomic E-state index is 11.4. The lowest BCUT2D eigenvalue weighted by molar-refractivity contribution is -0.128. The molecule has 0 unspecified atom stereocenters. The highest BCUT2D eigenvalue weighted by Gasteiger charge is 2.22. The molecule has 2 heteroatoms. The maximum Gasteiger partial charge on any atom is 0.225 e. The molecule has 1 saturated carbocycles. The van der Waals surface area contributed by atoms with Gasteiger partial charge in [-0.2, -0.15) is 0 Å². The molecule has 0 aromatic carbocycles. The molecule has 0 atom stereocenters. The molecule has 0 radical (unpaired) electrons. The second-order valence-electron chi connectivity index (χ2n) is 5.09. The average molecular weight is 183 g/mol. The fourth-order valence-corrected chi connectivity index (χ4v) is 1.44. The van der Waals surface area contributed by atoms with Crippen LogP contribution in [0.2, 0.25) is 0 Å². The minimum atomic E-state index is -0.236. The molecule has 0 aromatic rings. The van der Waals surface area contributed by atoms with Gasteiger partial charge >= 0.3 is 0 Å². The second-order valence-corrected chi connectivity index (χ2v) is 5.09. The van der Waals surface area contributed by atoms with Crippen LogP contribution in [0.15, 0.2) is 0 Å². The van der Waals surface area contributed by atoms with Crippen molar-refractivity contribution in [1.29, 1.82) is 0 Å². The molecule has 2 nitrogen and oxygen atoms in total. The van der Waals surface area contributed by atoms with E-state index in [0.717, 1.165) is 12.5 Å². The van der Waals surface area contributed by atoms with E-state index >= 15 is 0 Å². The van der Waals surface area contributed by atoms with Crippen molar-refractivity contribution in [2.24, 2.45) is 11.3 Å². The van der Waals surface area contributed by atoms with Crippen molar-refractivity contribution < 1.29 is 4.79 Å². The van der Waals surface area contributed by atoms with Crippen LogP contribution in [0.3, 0.4) is 0 Å². The highest BCUT2D eigenvalue weighted by Crippen LogP contribution is 2.28. The molecule has 1 rings (SSSR count). The molecule has 0 aliphatic heterocycles. The molecule has 1 aliphatic rings. The Balaban J connectivity index is 2.08. The normalized spacial score (nSPS) is 18.1. The van der Waals surface area contributed by atoms with Gasteiger partial charge in [0.2, 0.25) is 5.91 Å². The van der Waals surface area contributed by atoms with E-state index in [4.69, 9.17) is 0 Å². The van der Waals surface area contributed by atoms with Crippen molar-refractivity contribution in [3.8, 4) is 0 Å². The van der Waals surface area contributed by atoms with Gasteiger partial charge in [0.25, 0.3) is 0 Å². The van der Waals surface area contributed by atoms with Crippen LogP contribution in [0.1, 0.15) is 46.5 Å². The molecule has 1 N–H and O–H groups in total. The molecule has 0 spiro atoms. The summed E-state index contributed by atoms with van der Waals surface area (Å²) in [5.41, 5.74) is -0.236. The van der Waals surface area contributed by atoms with Crippen LogP contribution in [0.25, 0.3) is 0 Å². The number of nitrogens with one attached hydrogen (secondary N) is 1. The van der Waals surface area contributed by atoms with E-state index < -0.39 is 0 Å². The molecule has 0 bridgehead atoms. The maximum absolute atomic E-state index is 11.4. The van der Waals surface area contributed by atoms with Gasteiger partial charge in [0.1, 0.15) is 0 Å². The number of amides is 1. The predicted molar refractivity (Wildman–Crippen MR) is 54.4 cm³/mol. The van der Waals surface area contributed by atoms with Gasteiger partial charge in [0.05, 0.1) is 0 Å². The summed E-state index contributed by atoms with van der Waals surface area (Å²) in [4.78, 5) is 11.4. The van der Waals surface area contributed by atoms with Crippen molar-refractivity contribution >= 4 is 5.91 Å². The number of carbonyl (C=O) groups excluding carboxylic acids is 1. The van der Waals surface area contributed by atoms with Gasteiger partial charge in [0.15, 0.2) is 0 Å². The van der Waals surface area contributed by atoms with E-state index in [-0.39, 0.29) is 11.3 Å². The van der Waals surface area contributed by atoms with Crippen LogP contribution in [0, 0.1) is 11.3 Å². The molecule has 76 valence electrons. The average Bonchev–Trinajstić information content (AvgIpc) is 1.91. The van der Waals surface area contributed by atoms with E-state index in [1.54, 1.807) is 0 Å². The zero-order valence-corrected chi connectivity index (χ0v) is 9.02. The first-order valence-corrected chi connectivity index (χ1v) is 5.28. The van der Waals surface area contributed by atoms with E-state index in [1.165, 1.54) is 25.7 Å². The summed E-state index contributed by atoms with van der Waals surface area (Å²) in [6.45, 7) is 6.71. The number of hydrogen-bond acceptors (Lipinski definition) is 1. The summed E-state index contributed by atoms with van der Waals surface area (Å²) in [5.74, 6) is 1.06. The third-order valence-corrected chi connectivity index (χ3v) is 2.74. The predicted octanol–water partition coefficient (Wildman–Crippen LogP) is 2.34. The lowest BCUT2D eigenvalue weighted by Gasteiger charge is -2.26. The summed E-state index contributed by atoms with van der Waals surface area (Å²) in [6, 6.07) is 0. The molecular formula is C11H21NO. The molecule has 1 amide bonds. The van der Waals surface area contributed by atoms with Gasteiger partial charge in [-0.25, -0.2) is 0 Å². The fourth-order valence-electron chi connectivity index (χ4n) is 1.44. The summed E-state index contributed by atoms with van der Waals surface area (Å²) in [5, 5.41) is 2.98. The molecule has 1 fully saturated rings. The summed E-state index contributed by atoms with van der Waals surface area (Å²) in [7, 11) is 0. The van der Waals surface area contributed by atoms with E-state index in [0.29, 0.717) is 0 Å². The van der Waals surface area contributed by atoms with E-state index in [9.17, 15) is 4.79 Å². The van der Waals surface area contributed by atoms with Gasteiger partial charge in [-0.1, -0.05) is 40.0 Å². The summed E-state index contributed by atoms with van der Waals surface area (Å²) in [6.07, 6.45) is 5.29. The Kier molecular flexibility index (Phi) is 3.34. The molecule has 1 aliphatic carbocycles. The van der Waals surface area contributed by atoms with Gasteiger partial charge in [-0.15, -0.1) is 0 Å². The van der Waals surface area contributed by atoms with E-state index in [1.807, 2.05) is 20.8 Å². The van der Waals surface area contributed by atoms with Gasteiger partial charge < -0.3 is 5.32 Å². The third kappa shape index (κ3) is 3.37. The van der Waals surface area contributed by atoms with Crippen molar-refractivity contribution in [1.82, 2.24) is 5.32 Å². The minimum Gasteiger partial charge on any atom is -0.356 e. The molecule has 0 heterocycles. The van der Waals surface area contributed by atoms with Gasteiger partial charge in [0, 0.05) is 12.0 Å². The Morgan fingerprint density at radius 2 is 2.00 bits per heavy atom. The van der Waals surface area contributed by atoms with Crippen LogP contribution in [-0.2, 0) is 4.79 Å². The monoisotopic (exact) mass is 183 g/mol. The van der Waals surface area contributed by atoms with E-state index in [2.05, 4.69) is 5.32 Å². The smallest absolute Gasteiger partial charge is 0.225 e. The standard InChI is InChI=1S/C11H21NO/c1-11(2,3)10(13)12-8-7-9-5-4-6-9/h9H,4-8H2,1-3H3,(H,12,13). The van der Waals surface area contributed by atoms with Crippen LogP contribution >= 0.6 is 0 Å². The number of hydrogen-bond donors (Lipinski definition) is 1. The van der Waals surface area contributed by atoms with Crippen LogP contribution in [0.5, 0.6) is 0 Å². The highest BCUT2D eigenvalue weighted by atomic mass is 16.2. The first-order chi connectivity index (χ1) is 6.00. The lowest BCUT2D eigenvalue weighted by atomic mass is 9.83. The van der Waals surface area contributed by atoms with Crippen molar-refractivity contribution in [3.63, 3.8) is 0 Å². The summed E-state index contributed by atoms with van der Waals surface area (Å²) >= 11 is 0. The third-order valence-electron chi connectivity index (χ3n) is 2.74. The lowest BCUT2D eigenvalue weighted by Crippen LogP contribution is -2.36. The van der Waals surface area contributed by atoms with Crippen LogP contribution in [-0.4, -0.2) is 12.5 Å². The zero-order chi connectivity index (χ0) is 9.90. The Morgan fingerprint density at radius 1 is 1.38 bits per heavy atom. The van der Waals surface area contributed by atoms with Crippen molar-refractivity contribution in [2.45, 2.75) is 46.5 Å². The fraction of sp³-hybridized carbons (Fsp3) is 0.909. The van der Waals surface area contributed by atoms with Crippen molar-refractivity contribution in [2.75, 3.05) is 6.54 Å². The first kappa shape index (κ1) is 10.6. The SMILES string of the molecule is CC(C)(C)C(=O)NCCC1CCC1. The number of carbonyl (C=O) groups is 1. The Labute approximate surface area is 81.1 Å². The van der Waals surface area contributed by atoms with Crippen molar-refractivity contribution in [3.05, 3.63) is 0 Å². The Bertz CT molecular complexity index is 177. The van der Waals surface area contributed by atoms with Gasteiger partial charge in [-0.3, -0.25) is 4.79 Å². The molecule has 0 aromatic heterocycles. The van der Waals surface area contributed by atoms with Gasteiger partial charge in [-0.05, 0) is 12.3 Å². The zero-order valence-electron chi connectivity index (χ0n) is 9.02. The topological polar surface area (TPSA) is 29.1 Å². The van der Waals surface area contributed by atoms with Crippen LogP contribution in [0.4, 0.5) is 0 Å². The Morgan fingerprint density at radius 3 is 2.38 bits per heavy atom.